The fraction of sp³-hybridized carbons (Fsp3) is 0.0667. The average molecular weight is 393 g/mol. The monoisotopic (exact) mass is 393 g/mol. The van der Waals surface area contributed by atoms with Crippen LogP contribution < -0.4 is 0 Å². The molecule has 0 aliphatic carbocycles. The van der Waals surface area contributed by atoms with Gasteiger partial charge in [-0.3, -0.25) is 9.67 Å². The molecule has 0 amide bonds. The predicted octanol–water partition coefficient (Wildman–Crippen LogP) is 4.51. The zero-order chi connectivity index (χ0) is 14.1. The minimum absolute atomic E-state index is 0.600. The van der Waals surface area contributed by atoms with E-state index >= 15 is 0 Å². The molecule has 0 fully saturated rings. The van der Waals surface area contributed by atoms with Crippen LogP contribution in [0.3, 0.4) is 0 Å². The summed E-state index contributed by atoms with van der Waals surface area (Å²) in [4.78, 5) is 0. The largest absolute Gasteiger partial charge is 0.268 e. The lowest BCUT2D eigenvalue weighted by Gasteiger charge is -2.09. The lowest BCUT2D eigenvalue weighted by molar-refractivity contribution is 1.03. The Kier molecular flexibility index (Phi) is 3.71. The Bertz CT molecular complexity index is 805. The molecule has 0 bridgehead atoms. The first-order chi connectivity index (χ1) is 9.68. The van der Waals surface area contributed by atoms with E-state index in [0.717, 1.165) is 17.1 Å². The third-order valence-electron chi connectivity index (χ3n) is 3.12. The molecule has 5 heteroatoms. The molecule has 1 aromatic heterocycles. The van der Waals surface area contributed by atoms with Crippen LogP contribution in [0.4, 0.5) is 0 Å². The highest BCUT2D eigenvalue weighted by molar-refractivity contribution is 14.1. The van der Waals surface area contributed by atoms with Crippen LogP contribution >= 0.6 is 34.8 Å². The van der Waals surface area contributed by atoms with Crippen molar-refractivity contribution in [3.8, 4) is 17.1 Å². The van der Waals surface area contributed by atoms with Crippen LogP contribution in [0.15, 0.2) is 48.5 Å². The van der Waals surface area contributed by atoms with Crippen molar-refractivity contribution in [2.45, 2.75) is 6.92 Å². The second-order valence-electron chi connectivity index (χ2n) is 4.46. The molecule has 0 unspecified atom stereocenters. The van der Waals surface area contributed by atoms with E-state index in [0.29, 0.717) is 4.77 Å². The highest BCUT2D eigenvalue weighted by Crippen LogP contribution is 2.27. The first-order valence-corrected chi connectivity index (χ1v) is 7.65. The summed E-state index contributed by atoms with van der Waals surface area (Å²) in [6, 6.07) is 16.2. The minimum Gasteiger partial charge on any atom is -0.268 e. The molecule has 3 aromatic rings. The molecule has 3 nitrogen and oxygen atoms in total. The van der Waals surface area contributed by atoms with Crippen molar-refractivity contribution in [2.24, 2.45) is 0 Å². The van der Waals surface area contributed by atoms with Crippen molar-refractivity contribution >= 4 is 34.8 Å². The molecule has 100 valence electrons. The third kappa shape index (κ3) is 2.31. The number of halogens is 1. The summed E-state index contributed by atoms with van der Waals surface area (Å²) < 4.78 is 3.76. The number of aromatic nitrogens is 3. The van der Waals surface area contributed by atoms with E-state index in [2.05, 4.69) is 51.8 Å². The van der Waals surface area contributed by atoms with Gasteiger partial charge in [-0.05, 0) is 59.4 Å². The topological polar surface area (TPSA) is 33.6 Å². The predicted molar refractivity (Wildman–Crippen MR) is 91.6 cm³/mol. The highest BCUT2D eigenvalue weighted by atomic mass is 127. The van der Waals surface area contributed by atoms with Crippen LogP contribution in [0.5, 0.6) is 0 Å². The second kappa shape index (κ2) is 5.49. The minimum atomic E-state index is 0.600. The van der Waals surface area contributed by atoms with Crippen molar-refractivity contribution in [1.29, 1.82) is 0 Å². The fourth-order valence-electron chi connectivity index (χ4n) is 2.11. The van der Waals surface area contributed by atoms with E-state index in [4.69, 9.17) is 12.2 Å². The first-order valence-electron chi connectivity index (χ1n) is 6.17. The zero-order valence-electron chi connectivity index (χ0n) is 10.8. The van der Waals surface area contributed by atoms with Gasteiger partial charge in [0.05, 0.1) is 0 Å². The number of H-pyrrole nitrogens is 1. The summed E-state index contributed by atoms with van der Waals surface area (Å²) in [7, 11) is 0. The Balaban J connectivity index is 2.27. The lowest BCUT2D eigenvalue weighted by Crippen LogP contribution is -1.99. The van der Waals surface area contributed by atoms with Gasteiger partial charge in [0, 0.05) is 14.8 Å². The normalized spacial score (nSPS) is 10.7. The number of nitrogens with one attached hydrogen (secondary N) is 1. The Morgan fingerprint density at radius 1 is 1.10 bits per heavy atom. The number of rotatable bonds is 2. The summed E-state index contributed by atoms with van der Waals surface area (Å²) in [6.07, 6.45) is 0. The summed E-state index contributed by atoms with van der Waals surface area (Å²) in [5, 5.41) is 7.30. The van der Waals surface area contributed by atoms with Gasteiger partial charge in [-0.2, -0.15) is 5.10 Å². The van der Waals surface area contributed by atoms with Crippen LogP contribution in [-0.2, 0) is 0 Å². The Morgan fingerprint density at radius 2 is 1.85 bits per heavy atom. The van der Waals surface area contributed by atoms with E-state index in [1.807, 2.05) is 41.0 Å². The van der Waals surface area contributed by atoms with E-state index in [9.17, 15) is 0 Å². The number of benzene rings is 2. The van der Waals surface area contributed by atoms with Crippen molar-refractivity contribution in [1.82, 2.24) is 14.8 Å². The number of aryl methyl sites for hydroxylation is 1. The van der Waals surface area contributed by atoms with Gasteiger partial charge in [0.15, 0.2) is 10.6 Å². The van der Waals surface area contributed by atoms with Crippen LogP contribution in [0, 0.1) is 15.3 Å². The third-order valence-corrected chi connectivity index (χ3v) is 4.83. The Labute approximate surface area is 135 Å². The molecule has 0 radical (unpaired) electrons. The maximum Gasteiger partial charge on any atom is 0.200 e. The van der Waals surface area contributed by atoms with E-state index < -0.39 is 0 Å². The highest BCUT2D eigenvalue weighted by Gasteiger charge is 2.13. The molecular weight excluding hydrogens is 381 g/mol. The molecule has 1 N–H and O–H groups in total. The number of nitrogens with zero attached hydrogens (tertiary/aromatic N) is 2. The van der Waals surface area contributed by atoms with Gasteiger partial charge in [-0.1, -0.05) is 36.4 Å². The second-order valence-corrected chi connectivity index (χ2v) is 5.93. The fourth-order valence-corrected chi connectivity index (χ4v) is 2.95. The molecule has 0 aliphatic rings. The van der Waals surface area contributed by atoms with Crippen molar-refractivity contribution < 1.29 is 0 Å². The molecular formula is C15H12IN3S. The van der Waals surface area contributed by atoms with Crippen LogP contribution in [0.25, 0.3) is 17.1 Å². The SMILES string of the molecule is Cc1cccc(-c2n[nH]c(=S)n2-c2ccccc2)c1I. The molecule has 1 heterocycles. The first kappa shape index (κ1) is 13.5. The van der Waals surface area contributed by atoms with Gasteiger partial charge in [0.2, 0.25) is 0 Å². The molecule has 0 atom stereocenters. The summed E-state index contributed by atoms with van der Waals surface area (Å²) in [5.41, 5.74) is 3.33. The van der Waals surface area contributed by atoms with Gasteiger partial charge in [-0.15, -0.1) is 0 Å². The van der Waals surface area contributed by atoms with Gasteiger partial charge < -0.3 is 0 Å². The maximum atomic E-state index is 5.37. The smallest absolute Gasteiger partial charge is 0.200 e. The van der Waals surface area contributed by atoms with Gasteiger partial charge >= 0.3 is 0 Å². The van der Waals surface area contributed by atoms with Crippen molar-refractivity contribution in [3.05, 3.63) is 62.4 Å². The standard InChI is InChI=1S/C15H12IN3S/c1-10-6-5-9-12(13(10)16)14-17-18-15(20)19(14)11-7-3-2-4-8-11/h2-9H,1H3,(H,18,20). The Morgan fingerprint density at radius 3 is 2.60 bits per heavy atom. The van der Waals surface area contributed by atoms with E-state index in [1.165, 1.54) is 9.13 Å². The lowest BCUT2D eigenvalue weighted by atomic mass is 10.1. The molecule has 0 saturated carbocycles. The zero-order valence-corrected chi connectivity index (χ0v) is 13.8. The Hall–Kier alpha value is -1.47. The van der Waals surface area contributed by atoms with Crippen LogP contribution in [0.2, 0.25) is 0 Å². The number of aromatic amines is 1. The van der Waals surface area contributed by atoms with E-state index in [1.54, 1.807) is 0 Å². The van der Waals surface area contributed by atoms with Gasteiger partial charge in [0.25, 0.3) is 0 Å². The summed E-state index contributed by atoms with van der Waals surface area (Å²) in [6.45, 7) is 2.10. The van der Waals surface area contributed by atoms with Gasteiger partial charge in [-0.25, -0.2) is 0 Å². The molecule has 0 aliphatic heterocycles. The molecule has 3 rings (SSSR count). The molecule has 0 saturated heterocycles. The average Bonchev–Trinajstić information content (AvgIpc) is 2.84. The van der Waals surface area contributed by atoms with Crippen LogP contribution in [0.1, 0.15) is 5.56 Å². The van der Waals surface area contributed by atoms with Crippen LogP contribution in [-0.4, -0.2) is 14.8 Å². The molecule has 2 aromatic carbocycles. The van der Waals surface area contributed by atoms with E-state index in [-0.39, 0.29) is 0 Å². The quantitative estimate of drug-likeness (QED) is 0.514. The van der Waals surface area contributed by atoms with Gasteiger partial charge in [0.1, 0.15) is 0 Å². The summed E-state index contributed by atoms with van der Waals surface area (Å²) in [5.74, 6) is 0.842. The number of hydrogen-bond acceptors (Lipinski definition) is 2. The number of hydrogen-bond donors (Lipinski definition) is 1. The molecule has 20 heavy (non-hydrogen) atoms. The molecule has 0 spiro atoms. The summed E-state index contributed by atoms with van der Waals surface area (Å²) >= 11 is 7.73. The van der Waals surface area contributed by atoms with Crippen molar-refractivity contribution in [2.75, 3.05) is 0 Å². The maximum absolute atomic E-state index is 5.37. The van der Waals surface area contributed by atoms with Crippen molar-refractivity contribution in [3.63, 3.8) is 0 Å². The number of para-hydroxylation sites is 1.